The topological polar surface area (TPSA) is 93.3 Å². The summed E-state index contributed by atoms with van der Waals surface area (Å²) in [4.78, 5) is 28.0. The van der Waals surface area contributed by atoms with E-state index >= 15 is 0 Å². The van der Waals surface area contributed by atoms with Crippen LogP contribution in [0.2, 0.25) is 0 Å². The highest BCUT2D eigenvalue weighted by Crippen LogP contribution is 2.29. The normalized spacial score (nSPS) is 14.7. The van der Waals surface area contributed by atoms with E-state index in [4.69, 9.17) is 0 Å². The predicted octanol–water partition coefficient (Wildman–Crippen LogP) is 2.07. The van der Waals surface area contributed by atoms with Gasteiger partial charge in [0, 0.05) is 30.5 Å². The van der Waals surface area contributed by atoms with Crippen LogP contribution in [0.15, 0.2) is 15.5 Å². The van der Waals surface area contributed by atoms with E-state index < -0.39 is 0 Å². The lowest BCUT2D eigenvalue weighted by Crippen LogP contribution is -2.34. The first kappa shape index (κ1) is 21.2. The third kappa shape index (κ3) is 5.12. The van der Waals surface area contributed by atoms with E-state index in [1.807, 2.05) is 21.0 Å². The molecule has 158 valence electrons. The van der Waals surface area contributed by atoms with Crippen LogP contribution in [0.1, 0.15) is 58.8 Å². The Balaban J connectivity index is 1.93. The molecular weight excluding hydrogens is 370 g/mol. The number of hydrogen-bond donors (Lipinski definition) is 1. The zero-order chi connectivity index (χ0) is 21.0. The molecule has 0 unspecified atom stereocenters. The molecule has 2 heterocycles. The smallest absolute Gasteiger partial charge is 0.257 e. The lowest BCUT2D eigenvalue weighted by molar-refractivity contribution is 0.0946. The van der Waals surface area contributed by atoms with Crippen LogP contribution in [0, 0.1) is 19.8 Å². The number of rotatable bonds is 8. The van der Waals surface area contributed by atoms with Crippen LogP contribution in [-0.2, 0) is 19.5 Å². The van der Waals surface area contributed by atoms with E-state index in [0.717, 1.165) is 43.7 Å². The number of amides is 1. The van der Waals surface area contributed by atoms with Crippen LogP contribution in [0.4, 0.5) is 0 Å². The second-order valence-electron chi connectivity index (χ2n) is 8.26. The molecule has 0 spiro atoms. The van der Waals surface area contributed by atoms with Crippen LogP contribution < -0.4 is 10.7 Å². The molecule has 1 saturated carbocycles. The Bertz CT molecular complexity index is 910. The van der Waals surface area contributed by atoms with Gasteiger partial charge in [-0.25, -0.2) is 4.63 Å². The molecule has 2 aromatic heterocycles. The number of hydrogen-bond acceptors (Lipinski definition) is 6. The summed E-state index contributed by atoms with van der Waals surface area (Å²) in [6, 6.07) is 1.58. The molecule has 1 aliphatic carbocycles. The minimum Gasteiger partial charge on any atom is -0.347 e. The molecule has 0 bridgehead atoms. The van der Waals surface area contributed by atoms with Crippen LogP contribution in [0.25, 0.3) is 0 Å². The zero-order valence-electron chi connectivity index (χ0n) is 17.8. The average Bonchev–Trinajstić information content (AvgIpc) is 3.30. The molecule has 0 aliphatic heterocycles. The molecule has 3 rings (SSSR count). The lowest BCUT2D eigenvalue weighted by atomic mass is 9.97. The monoisotopic (exact) mass is 401 g/mol. The van der Waals surface area contributed by atoms with Crippen molar-refractivity contribution in [2.24, 2.45) is 5.92 Å². The second-order valence-corrected chi connectivity index (χ2v) is 8.26. The summed E-state index contributed by atoms with van der Waals surface area (Å²) < 4.78 is 6.84. The number of likely N-dealkylation sites (N-methyl/N-ethyl adjacent to an activating group) is 1. The first-order valence-corrected chi connectivity index (χ1v) is 10.3. The number of pyridine rings is 1. The summed E-state index contributed by atoms with van der Waals surface area (Å²) in [5, 5.41) is 10.4. The third-order valence-corrected chi connectivity index (χ3v) is 5.74. The molecule has 2 aromatic rings. The van der Waals surface area contributed by atoms with Crippen LogP contribution >= 0.6 is 0 Å². The molecule has 1 N–H and O–H groups in total. The van der Waals surface area contributed by atoms with Crippen molar-refractivity contribution in [2.75, 3.05) is 20.6 Å². The quantitative estimate of drug-likeness (QED) is 0.728. The fourth-order valence-corrected chi connectivity index (χ4v) is 4.05. The molecule has 0 aromatic carbocycles. The van der Waals surface area contributed by atoms with E-state index in [2.05, 4.69) is 29.7 Å². The third-order valence-electron chi connectivity index (χ3n) is 5.74. The molecule has 8 heteroatoms. The Hall–Kier alpha value is -2.48. The minimum atomic E-state index is -0.357. The predicted molar refractivity (Wildman–Crippen MR) is 110 cm³/mol. The van der Waals surface area contributed by atoms with E-state index in [9.17, 15) is 9.59 Å². The fourth-order valence-electron chi connectivity index (χ4n) is 4.05. The van der Waals surface area contributed by atoms with Crippen LogP contribution in [-0.4, -0.2) is 46.3 Å². The van der Waals surface area contributed by atoms with Gasteiger partial charge in [0.2, 0.25) is 0 Å². The highest BCUT2D eigenvalue weighted by atomic mass is 16.6. The van der Waals surface area contributed by atoms with Crippen molar-refractivity contribution in [2.45, 2.75) is 59.0 Å². The Morgan fingerprint density at radius 3 is 2.62 bits per heavy atom. The fraction of sp³-hybridized carbons (Fsp3) is 0.619. The molecule has 29 heavy (non-hydrogen) atoms. The van der Waals surface area contributed by atoms with Gasteiger partial charge in [-0.3, -0.25) is 9.59 Å². The number of aryl methyl sites for hydroxylation is 2. The van der Waals surface area contributed by atoms with E-state index in [-0.39, 0.29) is 23.4 Å². The van der Waals surface area contributed by atoms with Gasteiger partial charge >= 0.3 is 0 Å². The molecular formula is C21H31N5O3. The standard InChI is InChI=1S/C21H31N5O3/c1-14-11-19(27)20(21(28)22-13-17-15(2)23-29-24-17)18(12-16-7-5-6-8-16)26(14)10-9-25(3)4/h11,16H,5-10,12-13H2,1-4H3,(H,22,28). The maximum absolute atomic E-state index is 13.1. The number of aromatic nitrogens is 3. The molecule has 1 fully saturated rings. The maximum Gasteiger partial charge on any atom is 0.257 e. The largest absolute Gasteiger partial charge is 0.347 e. The maximum atomic E-state index is 13.1. The van der Waals surface area contributed by atoms with Crippen molar-refractivity contribution in [3.8, 4) is 0 Å². The molecule has 1 amide bonds. The van der Waals surface area contributed by atoms with Gasteiger partial charge < -0.3 is 14.8 Å². The second kappa shape index (κ2) is 9.35. The number of carbonyl (C=O) groups excluding carboxylic acids is 1. The summed E-state index contributed by atoms with van der Waals surface area (Å²) in [5.41, 5.74) is 2.99. The number of nitrogens with zero attached hydrogens (tertiary/aromatic N) is 4. The van der Waals surface area contributed by atoms with Gasteiger partial charge in [-0.05, 0) is 40.3 Å². The van der Waals surface area contributed by atoms with Crippen molar-refractivity contribution in [3.05, 3.63) is 44.6 Å². The summed E-state index contributed by atoms with van der Waals surface area (Å²) in [6.45, 7) is 5.48. The Kier molecular flexibility index (Phi) is 6.84. The van der Waals surface area contributed by atoms with Crippen molar-refractivity contribution >= 4 is 5.91 Å². The molecule has 0 saturated heterocycles. The number of carbonyl (C=O) groups is 1. The van der Waals surface area contributed by atoms with Gasteiger partial charge in [0.25, 0.3) is 5.91 Å². The van der Waals surface area contributed by atoms with Crippen molar-refractivity contribution < 1.29 is 9.42 Å². The van der Waals surface area contributed by atoms with Crippen LogP contribution in [0.3, 0.4) is 0 Å². The highest BCUT2D eigenvalue weighted by molar-refractivity contribution is 5.95. The first-order chi connectivity index (χ1) is 13.9. The Morgan fingerprint density at radius 1 is 1.28 bits per heavy atom. The van der Waals surface area contributed by atoms with Gasteiger partial charge in [-0.1, -0.05) is 36.0 Å². The van der Waals surface area contributed by atoms with Gasteiger partial charge in [0.1, 0.15) is 17.0 Å². The Morgan fingerprint density at radius 2 is 2.00 bits per heavy atom. The van der Waals surface area contributed by atoms with E-state index in [1.54, 1.807) is 13.0 Å². The molecule has 0 radical (unpaired) electrons. The van der Waals surface area contributed by atoms with Crippen LogP contribution in [0.5, 0.6) is 0 Å². The first-order valence-electron chi connectivity index (χ1n) is 10.3. The zero-order valence-corrected chi connectivity index (χ0v) is 17.8. The number of nitrogens with one attached hydrogen (secondary N) is 1. The SMILES string of the molecule is Cc1nonc1CNC(=O)c1c(CC2CCCC2)n(CCN(C)C)c(C)cc1=O. The van der Waals surface area contributed by atoms with Gasteiger partial charge in [0.15, 0.2) is 5.43 Å². The molecule has 1 aliphatic rings. The summed E-state index contributed by atoms with van der Waals surface area (Å²) >= 11 is 0. The molecule has 0 atom stereocenters. The minimum absolute atomic E-state index is 0.183. The Labute approximate surface area is 171 Å². The van der Waals surface area contributed by atoms with Crippen molar-refractivity contribution in [1.82, 2.24) is 25.1 Å². The highest BCUT2D eigenvalue weighted by Gasteiger charge is 2.25. The summed E-state index contributed by atoms with van der Waals surface area (Å²) in [6.07, 6.45) is 5.51. The lowest BCUT2D eigenvalue weighted by Gasteiger charge is -2.23. The average molecular weight is 402 g/mol. The van der Waals surface area contributed by atoms with E-state index in [1.165, 1.54) is 12.8 Å². The van der Waals surface area contributed by atoms with Gasteiger partial charge in [-0.2, -0.15) is 0 Å². The van der Waals surface area contributed by atoms with Crippen molar-refractivity contribution in [3.63, 3.8) is 0 Å². The summed E-state index contributed by atoms with van der Waals surface area (Å²) in [7, 11) is 4.05. The molecule has 8 nitrogen and oxygen atoms in total. The van der Waals surface area contributed by atoms with Gasteiger partial charge in [-0.15, -0.1) is 0 Å². The van der Waals surface area contributed by atoms with Gasteiger partial charge in [0.05, 0.1) is 6.54 Å². The van der Waals surface area contributed by atoms with E-state index in [0.29, 0.717) is 17.3 Å². The van der Waals surface area contributed by atoms with Crippen molar-refractivity contribution in [1.29, 1.82) is 0 Å². The summed E-state index contributed by atoms with van der Waals surface area (Å²) in [5.74, 6) is 0.166.